The summed E-state index contributed by atoms with van der Waals surface area (Å²) in [5, 5.41) is 51.3. The minimum absolute atomic E-state index is 0.460. The fraction of sp³-hybridized carbons (Fsp3) is 0.480. The lowest BCUT2D eigenvalue weighted by Crippen LogP contribution is -2.55. The second-order valence-electron chi connectivity index (χ2n) is 8.92. The molecule has 0 unspecified atom stereocenters. The third-order valence-electron chi connectivity index (χ3n) is 6.27. The molecule has 4 rings (SSSR count). The summed E-state index contributed by atoms with van der Waals surface area (Å²) in [4.78, 5) is 8.90. The van der Waals surface area contributed by atoms with Crippen LogP contribution >= 0.6 is 11.6 Å². The highest BCUT2D eigenvalue weighted by Gasteiger charge is 2.45. The Hall–Kier alpha value is -2.45. The predicted molar refractivity (Wildman–Crippen MR) is 129 cm³/mol. The molecule has 13 heteroatoms. The van der Waals surface area contributed by atoms with Crippen molar-refractivity contribution in [3.8, 4) is 5.75 Å². The number of rotatable bonds is 6. The molecule has 0 aromatic heterocycles. The summed E-state index contributed by atoms with van der Waals surface area (Å²) in [5.41, 5.74) is 4.55. The van der Waals surface area contributed by atoms with E-state index in [0.717, 1.165) is 23.2 Å². The Kier molecular flexibility index (Phi) is 9.98. The average Bonchev–Trinajstić information content (AvgIpc) is 3.36. The van der Waals surface area contributed by atoms with Gasteiger partial charge in [0, 0.05) is 18.5 Å². The van der Waals surface area contributed by atoms with E-state index in [-0.39, 0.29) is 0 Å². The molecule has 38 heavy (non-hydrogen) atoms. The molecule has 2 aliphatic heterocycles. The first kappa shape index (κ1) is 30.1. The van der Waals surface area contributed by atoms with Gasteiger partial charge in [-0.3, -0.25) is 0 Å². The van der Waals surface area contributed by atoms with E-state index in [4.69, 9.17) is 31.0 Å². The maximum absolute atomic E-state index is 10.6. The van der Waals surface area contributed by atoms with Gasteiger partial charge >= 0.3 is 12.1 Å². The Morgan fingerprint density at radius 2 is 1.71 bits per heavy atom. The number of fused-ring (bicyclic) bond motifs is 1. The second-order valence-corrected chi connectivity index (χ2v) is 9.30. The zero-order valence-corrected chi connectivity index (χ0v) is 21.0. The van der Waals surface area contributed by atoms with Crippen LogP contribution in [0, 0.1) is 0 Å². The largest absolute Gasteiger partial charge is 0.491 e. The maximum Gasteiger partial charge on any atom is 0.490 e. The van der Waals surface area contributed by atoms with Crippen molar-refractivity contribution in [1.29, 1.82) is 0 Å². The lowest BCUT2D eigenvalue weighted by atomic mass is 9.87. The van der Waals surface area contributed by atoms with E-state index < -0.39 is 49.3 Å². The highest BCUT2D eigenvalue weighted by atomic mass is 35.5. The SMILES string of the molecule is CNCc1ccc(Cc2cc([C@@H]3O[C@H](CO)[C@@H](O)[C@H](O)[C@H]3O)c3c(c2Cl)OCC3)cc1.O=C(O)C(F)(F)F. The normalized spacial score (nSPS) is 24.7. The topological polar surface area (TPSA) is 149 Å². The highest BCUT2D eigenvalue weighted by molar-refractivity contribution is 6.33. The molecule has 2 aromatic carbocycles. The molecule has 0 amide bonds. The van der Waals surface area contributed by atoms with Crippen molar-refractivity contribution < 1.29 is 53.0 Å². The number of hydrogen-bond donors (Lipinski definition) is 6. The Bertz CT molecular complexity index is 1110. The van der Waals surface area contributed by atoms with E-state index in [1.54, 1.807) is 0 Å². The molecule has 0 spiro atoms. The fourth-order valence-corrected chi connectivity index (χ4v) is 4.64. The third-order valence-corrected chi connectivity index (χ3v) is 6.69. The molecule has 1 saturated heterocycles. The Morgan fingerprint density at radius 3 is 2.26 bits per heavy atom. The molecule has 0 aliphatic carbocycles. The lowest BCUT2D eigenvalue weighted by Gasteiger charge is -2.40. The predicted octanol–water partition coefficient (Wildman–Crippen LogP) is 1.73. The number of alkyl halides is 3. The smallest absolute Gasteiger partial charge is 0.490 e. The van der Waals surface area contributed by atoms with Crippen LogP contribution in [0.1, 0.15) is 33.9 Å². The van der Waals surface area contributed by atoms with Crippen LogP contribution in [0.4, 0.5) is 13.2 Å². The van der Waals surface area contributed by atoms with Gasteiger partial charge in [-0.1, -0.05) is 41.9 Å². The van der Waals surface area contributed by atoms with Gasteiger partial charge < -0.3 is 40.3 Å². The van der Waals surface area contributed by atoms with E-state index in [0.29, 0.717) is 35.8 Å². The minimum Gasteiger partial charge on any atom is -0.491 e. The number of hydrogen-bond acceptors (Lipinski definition) is 8. The van der Waals surface area contributed by atoms with Gasteiger partial charge in [0.05, 0.1) is 18.2 Å². The van der Waals surface area contributed by atoms with Crippen molar-refractivity contribution in [1.82, 2.24) is 5.32 Å². The summed E-state index contributed by atoms with van der Waals surface area (Å²) in [6.07, 6.45) is -10.0. The molecule has 2 aliphatic rings. The van der Waals surface area contributed by atoms with Crippen LogP contribution in [0.25, 0.3) is 0 Å². The zero-order valence-electron chi connectivity index (χ0n) is 20.3. The summed E-state index contributed by atoms with van der Waals surface area (Å²) < 4.78 is 43.3. The van der Waals surface area contributed by atoms with Crippen molar-refractivity contribution >= 4 is 17.6 Å². The van der Waals surface area contributed by atoms with E-state index >= 15 is 0 Å². The van der Waals surface area contributed by atoms with Gasteiger partial charge in [-0.2, -0.15) is 13.2 Å². The van der Waals surface area contributed by atoms with Gasteiger partial charge in [0.1, 0.15) is 36.3 Å². The van der Waals surface area contributed by atoms with Crippen LogP contribution in [-0.4, -0.2) is 82.4 Å². The monoisotopic (exact) mass is 563 g/mol. The quantitative estimate of drug-likeness (QED) is 0.309. The number of carboxylic acids is 1. The maximum atomic E-state index is 10.6. The van der Waals surface area contributed by atoms with Crippen molar-refractivity contribution in [2.24, 2.45) is 0 Å². The second kappa shape index (κ2) is 12.6. The minimum atomic E-state index is -5.08. The first-order chi connectivity index (χ1) is 17.9. The molecule has 2 aromatic rings. The molecule has 2 heterocycles. The van der Waals surface area contributed by atoms with Crippen molar-refractivity contribution in [3.63, 3.8) is 0 Å². The third kappa shape index (κ3) is 6.75. The first-order valence-corrected chi connectivity index (χ1v) is 12.1. The van der Waals surface area contributed by atoms with Gasteiger partial charge in [-0.05, 0) is 35.7 Å². The van der Waals surface area contributed by atoms with Crippen molar-refractivity contribution in [3.05, 3.63) is 63.2 Å². The molecule has 9 nitrogen and oxygen atoms in total. The summed E-state index contributed by atoms with van der Waals surface area (Å²) in [7, 11) is 1.90. The average molecular weight is 564 g/mol. The summed E-state index contributed by atoms with van der Waals surface area (Å²) >= 11 is 6.67. The lowest BCUT2D eigenvalue weighted by molar-refractivity contribution is -0.231. The molecule has 5 atom stereocenters. The Labute approximate surface area is 221 Å². The molecule has 0 saturated carbocycles. The number of benzene rings is 2. The number of ether oxygens (including phenoxy) is 2. The molecule has 1 fully saturated rings. The van der Waals surface area contributed by atoms with Crippen molar-refractivity contribution in [2.75, 3.05) is 20.3 Å². The fourth-order valence-electron chi connectivity index (χ4n) is 4.35. The van der Waals surface area contributed by atoms with Gasteiger partial charge in [0.15, 0.2) is 0 Å². The number of aliphatic carboxylic acids is 1. The van der Waals surface area contributed by atoms with Crippen LogP contribution in [0.2, 0.25) is 5.02 Å². The van der Waals surface area contributed by atoms with E-state index in [1.807, 2.05) is 25.2 Å². The first-order valence-electron chi connectivity index (χ1n) is 11.7. The Morgan fingerprint density at radius 1 is 1.11 bits per heavy atom. The van der Waals surface area contributed by atoms with Gasteiger partial charge in [0.25, 0.3) is 0 Å². The number of carbonyl (C=O) groups is 1. The van der Waals surface area contributed by atoms with Crippen LogP contribution < -0.4 is 10.1 Å². The van der Waals surface area contributed by atoms with Gasteiger partial charge in [-0.15, -0.1) is 0 Å². The van der Waals surface area contributed by atoms with Crippen LogP contribution in [0.5, 0.6) is 5.75 Å². The molecular weight excluding hydrogens is 535 g/mol. The van der Waals surface area contributed by atoms with Gasteiger partial charge in [0.2, 0.25) is 0 Å². The number of halogens is 4. The number of carboxylic acid groups (broad SMARTS) is 1. The standard InChI is InChI=1S/C23H28ClNO6.C2HF3O2/c1-25-10-13-4-2-12(3-5-13)8-14-9-16(15-6-7-30-22(15)18(14)24)23-21(29)20(28)19(27)17(11-26)31-23;3-2(4,5)1(6)7/h2-5,9,17,19-21,23,25-29H,6-8,10-11H2,1H3;(H,6,7)/t17-,19-,20+,21-,23+;/m1./s1. The molecule has 210 valence electrons. The van der Waals surface area contributed by atoms with E-state index in [1.165, 1.54) is 5.56 Å². The van der Waals surface area contributed by atoms with Crippen molar-refractivity contribution in [2.45, 2.75) is 56.1 Å². The van der Waals surface area contributed by atoms with Crippen LogP contribution in [0.15, 0.2) is 30.3 Å². The highest BCUT2D eigenvalue weighted by Crippen LogP contribution is 2.44. The number of aliphatic hydroxyl groups is 4. The summed E-state index contributed by atoms with van der Waals surface area (Å²) in [6.45, 7) is 0.774. The van der Waals surface area contributed by atoms with Crippen LogP contribution in [0.3, 0.4) is 0 Å². The number of aliphatic hydroxyl groups excluding tert-OH is 4. The van der Waals surface area contributed by atoms with E-state index in [9.17, 15) is 33.6 Å². The Balaban J connectivity index is 0.000000505. The summed E-state index contributed by atoms with van der Waals surface area (Å²) in [6, 6.07) is 10.1. The molecule has 6 N–H and O–H groups in total. The zero-order chi connectivity index (χ0) is 28.2. The van der Waals surface area contributed by atoms with E-state index in [2.05, 4.69) is 17.4 Å². The number of nitrogens with one attached hydrogen (secondary N) is 1. The van der Waals surface area contributed by atoms with Gasteiger partial charge in [-0.25, -0.2) is 4.79 Å². The molecule has 0 radical (unpaired) electrons. The molecule has 0 bridgehead atoms. The van der Waals surface area contributed by atoms with Crippen LogP contribution in [-0.2, 0) is 28.9 Å². The molecular formula is C25H29ClF3NO8. The summed E-state index contributed by atoms with van der Waals surface area (Å²) in [5.74, 6) is -2.19.